The van der Waals surface area contributed by atoms with E-state index in [1.807, 2.05) is 0 Å². The Balaban J connectivity index is 1.93. The second-order valence-corrected chi connectivity index (χ2v) is 5.84. The molecule has 1 amide bonds. The summed E-state index contributed by atoms with van der Waals surface area (Å²) in [4.78, 5) is 15.8. The lowest BCUT2D eigenvalue weighted by Gasteiger charge is -2.34. The number of nitrogens with zero attached hydrogens (tertiary/aromatic N) is 1. The number of hydrogen-bond donors (Lipinski definition) is 2. The maximum atomic E-state index is 12.0. The molecule has 1 aromatic rings. The highest BCUT2D eigenvalue weighted by Crippen LogP contribution is 2.35. The van der Waals surface area contributed by atoms with Crippen LogP contribution in [0, 0.1) is 5.41 Å². The van der Waals surface area contributed by atoms with Gasteiger partial charge in [-0.2, -0.15) is 0 Å². The first kappa shape index (κ1) is 12.9. The van der Waals surface area contributed by atoms with Crippen LogP contribution in [0.3, 0.4) is 0 Å². The van der Waals surface area contributed by atoms with E-state index in [-0.39, 0.29) is 17.7 Å². The normalized spacial score (nSPS) is 19.4. The summed E-state index contributed by atoms with van der Waals surface area (Å²) in [5.74, 6) is -0.129. The van der Waals surface area contributed by atoms with E-state index >= 15 is 0 Å². The van der Waals surface area contributed by atoms with Crippen molar-refractivity contribution in [3.63, 3.8) is 0 Å². The van der Waals surface area contributed by atoms with E-state index < -0.39 is 0 Å². The zero-order chi connectivity index (χ0) is 13.2. The average molecular weight is 248 g/mol. The molecule has 1 aliphatic carbocycles. The van der Waals surface area contributed by atoms with E-state index in [1.165, 1.54) is 18.5 Å². The van der Waals surface area contributed by atoms with Gasteiger partial charge in [-0.25, -0.2) is 0 Å². The van der Waals surface area contributed by atoms with Gasteiger partial charge in [-0.15, -0.1) is 0 Å². The Morgan fingerprint density at radius 1 is 1.39 bits per heavy atom. The summed E-state index contributed by atoms with van der Waals surface area (Å²) in [6.45, 7) is 4.54. The summed E-state index contributed by atoms with van der Waals surface area (Å²) in [5.41, 5.74) is 0.813. The van der Waals surface area contributed by atoms with Gasteiger partial charge in [0.25, 0.3) is 5.91 Å². The predicted octanol–water partition coefficient (Wildman–Crippen LogP) is 2.49. The van der Waals surface area contributed by atoms with Crippen molar-refractivity contribution in [2.75, 3.05) is 0 Å². The van der Waals surface area contributed by atoms with Gasteiger partial charge in [0.1, 0.15) is 5.75 Å². The van der Waals surface area contributed by atoms with Crippen molar-refractivity contribution < 1.29 is 9.90 Å². The van der Waals surface area contributed by atoms with Crippen molar-refractivity contribution in [2.45, 2.75) is 45.6 Å². The Kier molecular flexibility index (Phi) is 3.55. The van der Waals surface area contributed by atoms with Crippen LogP contribution in [0.5, 0.6) is 5.75 Å². The van der Waals surface area contributed by atoms with E-state index in [2.05, 4.69) is 24.1 Å². The number of pyridine rings is 1. The predicted molar refractivity (Wildman–Crippen MR) is 69.4 cm³/mol. The molecule has 1 fully saturated rings. The van der Waals surface area contributed by atoms with Crippen LogP contribution in [0.25, 0.3) is 0 Å². The van der Waals surface area contributed by atoms with Crippen LogP contribution >= 0.6 is 0 Å². The molecule has 0 atom stereocenters. The fourth-order valence-corrected chi connectivity index (χ4v) is 2.36. The molecule has 2 N–H and O–H groups in total. The number of rotatable bonds is 2. The van der Waals surface area contributed by atoms with E-state index in [1.54, 1.807) is 0 Å². The van der Waals surface area contributed by atoms with Gasteiger partial charge in [-0.1, -0.05) is 13.8 Å². The zero-order valence-corrected chi connectivity index (χ0v) is 10.9. The smallest absolute Gasteiger partial charge is 0.253 e. The minimum atomic E-state index is -0.150. The summed E-state index contributed by atoms with van der Waals surface area (Å²) in [6.07, 6.45) is 7.10. The summed E-state index contributed by atoms with van der Waals surface area (Å²) >= 11 is 0. The van der Waals surface area contributed by atoms with E-state index in [0.717, 1.165) is 25.7 Å². The molecule has 0 aliphatic heterocycles. The largest absolute Gasteiger partial charge is 0.506 e. The first-order valence-corrected chi connectivity index (χ1v) is 6.41. The highest BCUT2D eigenvalue weighted by molar-refractivity contribution is 5.94. The third-order valence-electron chi connectivity index (χ3n) is 3.66. The van der Waals surface area contributed by atoms with E-state index in [0.29, 0.717) is 11.0 Å². The number of carbonyl (C=O) groups excluding carboxylic acids is 1. The molecular weight excluding hydrogens is 228 g/mol. The third kappa shape index (κ3) is 3.22. The second-order valence-electron chi connectivity index (χ2n) is 5.84. The van der Waals surface area contributed by atoms with Crippen LogP contribution in [0.4, 0.5) is 0 Å². The van der Waals surface area contributed by atoms with Crippen molar-refractivity contribution >= 4 is 5.91 Å². The summed E-state index contributed by atoms with van der Waals surface area (Å²) in [7, 11) is 0. The Bertz CT molecular complexity index is 433. The molecule has 0 unspecified atom stereocenters. The molecule has 1 saturated carbocycles. The highest BCUT2D eigenvalue weighted by Gasteiger charge is 2.27. The Hall–Kier alpha value is -1.58. The van der Waals surface area contributed by atoms with Crippen LogP contribution in [0.2, 0.25) is 0 Å². The Labute approximate surface area is 107 Å². The number of amides is 1. The fraction of sp³-hybridized carbons (Fsp3) is 0.571. The maximum Gasteiger partial charge on any atom is 0.253 e. The molecule has 98 valence electrons. The monoisotopic (exact) mass is 248 g/mol. The van der Waals surface area contributed by atoms with Gasteiger partial charge < -0.3 is 10.4 Å². The summed E-state index contributed by atoms with van der Waals surface area (Å²) < 4.78 is 0. The molecule has 18 heavy (non-hydrogen) atoms. The van der Waals surface area contributed by atoms with Crippen LogP contribution in [0.1, 0.15) is 49.9 Å². The molecular formula is C14H20N2O2. The van der Waals surface area contributed by atoms with E-state index in [9.17, 15) is 9.90 Å². The fourth-order valence-electron chi connectivity index (χ4n) is 2.36. The van der Waals surface area contributed by atoms with Gasteiger partial charge in [0.05, 0.1) is 11.8 Å². The molecule has 2 rings (SSSR count). The lowest BCUT2D eigenvalue weighted by atomic mass is 9.75. The molecule has 1 heterocycles. The zero-order valence-electron chi connectivity index (χ0n) is 10.9. The molecule has 0 bridgehead atoms. The first-order chi connectivity index (χ1) is 8.46. The maximum absolute atomic E-state index is 12.0. The van der Waals surface area contributed by atoms with Gasteiger partial charge in [-0.3, -0.25) is 9.78 Å². The minimum absolute atomic E-state index is 0.0208. The molecule has 0 aromatic carbocycles. The molecule has 4 nitrogen and oxygen atoms in total. The molecule has 1 aromatic heterocycles. The summed E-state index contributed by atoms with van der Waals surface area (Å²) in [6, 6.07) is 1.68. The third-order valence-corrected chi connectivity index (χ3v) is 3.66. The minimum Gasteiger partial charge on any atom is -0.506 e. The summed E-state index contributed by atoms with van der Waals surface area (Å²) in [5, 5.41) is 12.3. The number of aromatic nitrogens is 1. The van der Waals surface area contributed by atoms with Crippen LogP contribution in [0.15, 0.2) is 18.5 Å². The van der Waals surface area contributed by atoms with Crippen LogP contribution in [-0.4, -0.2) is 22.0 Å². The number of carbonyl (C=O) groups is 1. The van der Waals surface area contributed by atoms with Crippen LogP contribution in [-0.2, 0) is 0 Å². The second kappa shape index (κ2) is 4.96. The van der Waals surface area contributed by atoms with Gasteiger partial charge in [0, 0.05) is 12.2 Å². The quantitative estimate of drug-likeness (QED) is 0.845. The average Bonchev–Trinajstić information content (AvgIpc) is 2.32. The van der Waals surface area contributed by atoms with Crippen molar-refractivity contribution in [2.24, 2.45) is 5.41 Å². The topological polar surface area (TPSA) is 62.2 Å². The van der Waals surface area contributed by atoms with Crippen molar-refractivity contribution in [1.29, 1.82) is 0 Å². The lowest BCUT2D eigenvalue weighted by Crippen LogP contribution is -2.39. The lowest BCUT2D eigenvalue weighted by molar-refractivity contribution is 0.0908. The first-order valence-electron chi connectivity index (χ1n) is 6.41. The number of hydrogen-bond acceptors (Lipinski definition) is 3. The molecule has 0 saturated heterocycles. The Morgan fingerprint density at radius 2 is 2.06 bits per heavy atom. The van der Waals surface area contributed by atoms with Crippen molar-refractivity contribution in [3.05, 3.63) is 24.0 Å². The molecule has 0 radical (unpaired) electrons. The van der Waals surface area contributed by atoms with Crippen molar-refractivity contribution in [3.8, 4) is 5.75 Å². The standard InChI is InChI=1S/C14H20N2O2/c1-14(2)5-3-11(4-6-14)16-13(18)10-7-12(17)9-15-8-10/h7-9,11,17H,3-6H2,1-2H3,(H,16,18). The number of nitrogens with one attached hydrogen (secondary N) is 1. The van der Waals surface area contributed by atoms with Crippen molar-refractivity contribution in [1.82, 2.24) is 10.3 Å². The van der Waals surface area contributed by atoms with Gasteiger partial charge in [0.2, 0.25) is 0 Å². The number of aromatic hydroxyl groups is 1. The molecule has 1 aliphatic rings. The highest BCUT2D eigenvalue weighted by atomic mass is 16.3. The van der Waals surface area contributed by atoms with Gasteiger partial charge in [-0.05, 0) is 37.2 Å². The Morgan fingerprint density at radius 3 is 2.67 bits per heavy atom. The van der Waals surface area contributed by atoms with E-state index in [4.69, 9.17) is 0 Å². The SMILES string of the molecule is CC1(C)CCC(NC(=O)c2cncc(O)c2)CC1. The van der Waals surface area contributed by atoms with Gasteiger partial charge >= 0.3 is 0 Å². The molecule has 0 spiro atoms. The van der Waals surface area contributed by atoms with Crippen LogP contribution < -0.4 is 5.32 Å². The molecule has 4 heteroatoms. The van der Waals surface area contributed by atoms with Gasteiger partial charge in [0.15, 0.2) is 0 Å².